The lowest BCUT2D eigenvalue weighted by Crippen LogP contribution is -2.25. The second kappa shape index (κ2) is 10.8. The van der Waals surface area contributed by atoms with Crippen LogP contribution in [0.15, 0.2) is 49.2 Å². The molecule has 1 aliphatic rings. The number of cyclic esters (lactones) is 1. The third-order valence-corrected chi connectivity index (χ3v) is 3.93. The van der Waals surface area contributed by atoms with E-state index in [-0.39, 0.29) is 6.04 Å². The highest BCUT2D eigenvalue weighted by Gasteiger charge is 2.25. The maximum absolute atomic E-state index is 11.7. The predicted octanol–water partition coefficient (Wildman–Crippen LogP) is 4.00. The van der Waals surface area contributed by atoms with E-state index in [0.717, 1.165) is 0 Å². The smallest absolute Gasteiger partial charge is 0.415 e. The Morgan fingerprint density at radius 3 is 2.55 bits per heavy atom. The van der Waals surface area contributed by atoms with Gasteiger partial charge in [-0.25, -0.2) is 19.7 Å². The number of anilines is 2. The van der Waals surface area contributed by atoms with E-state index in [4.69, 9.17) is 9.47 Å². The summed E-state index contributed by atoms with van der Waals surface area (Å²) in [6.07, 6.45) is 8.87. The van der Waals surface area contributed by atoms with Crippen LogP contribution in [-0.4, -0.2) is 44.2 Å². The molecule has 4 rings (SSSR count). The Balaban J connectivity index is 0.000000858. The van der Waals surface area contributed by atoms with Crippen LogP contribution in [0.2, 0.25) is 0 Å². The average molecular weight is 423 g/mol. The molecule has 1 amide bonds. The number of nitrogens with zero attached hydrogens (tertiary/aromatic N) is 6. The molecule has 0 aliphatic carbocycles. The Hall–Kier alpha value is -3.82. The van der Waals surface area contributed by atoms with E-state index in [9.17, 15) is 4.79 Å². The molecule has 3 aromatic heterocycles. The van der Waals surface area contributed by atoms with Gasteiger partial charge in [-0.1, -0.05) is 20.3 Å². The monoisotopic (exact) mass is 423 g/mol. The van der Waals surface area contributed by atoms with E-state index in [2.05, 4.69) is 44.1 Å². The van der Waals surface area contributed by atoms with Gasteiger partial charge in [-0.05, 0) is 25.1 Å². The molecule has 10 nitrogen and oxygen atoms in total. The van der Waals surface area contributed by atoms with Crippen LogP contribution in [0.3, 0.4) is 0 Å². The molecular formula is C21H25N7O3. The number of ether oxygens (including phenoxy) is 2. The number of hydrogen-bond acceptors (Lipinski definition) is 9. The Bertz CT molecular complexity index is 970. The van der Waals surface area contributed by atoms with Crippen LogP contribution in [0, 0.1) is 0 Å². The minimum atomic E-state index is -0.412. The number of aromatic nitrogens is 5. The van der Waals surface area contributed by atoms with E-state index in [1.165, 1.54) is 11.3 Å². The van der Waals surface area contributed by atoms with Crippen molar-refractivity contribution in [1.82, 2.24) is 24.9 Å². The maximum Gasteiger partial charge on any atom is 0.415 e. The van der Waals surface area contributed by atoms with Crippen LogP contribution in [0.25, 0.3) is 0 Å². The summed E-state index contributed by atoms with van der Waals surface area (Å²) in [7, 11) is 0. The summed E-state index contributed by atoms with van der Waals surface area (Å²) in [5.74, 6) is 2.51. The molecular weight excluding hydrogens is 398 g/mol. The molecule has 0 saturated carbocycles. The zero-order chi connectivity index (χ0) is 22.1. The molecule has 1 fully saturated rings. The summed E-state index contributed by atoms with van der Waals surface area (Å²) in [5.41, 5.74) is 0. The third-order valence-electron chi connectivity index (χ3n) is 3.93. The molecule has 0 radical (unpaired) electrons. The fourth-order valence-corrected chi connectivity index (χ4v) is 2.57. The van der Waals surface area contributed by atoms with Crippen LogP contribution in [-0.2, 0) is 4.74 Å². The lowest BCUT2D eigenvalue weighted by atomic mass is 10.3. The molecule has 1 saturated heterocycles. The number of hydrogen-bond donors (Lipinski definition) is 1. The lowest BCUT2D eigenvalue weighted by molar-refractivity contribution is 0.181. The van der Waals surface area contributed by atoms with Crippen molar-refractivity contribution in [2.45, 2.75) is 33.2 Å². The van der Waals surface area contributed by atoms with E-state index in [1.54, 1.807) is 49.2 Å². The van der Waals surface area contributed by atoms with Crippen LogP contribution < -0.4 is 15.0 Å². The molecule has 1 unspecified atom stereocenters. The first-order chi connectivity index (χ1) is 15.1. The van der Waals surface area contributed by atoms with Crippen molar-refractivity contribution in [2.75, 3.05) is 23.4 Å². The van der Waals surface area contributed by atoms with Gasteiger partial charge in [0.15, 0.2) is 11.6 Å². The molecule has 4 heterocycles. The molecule has 162 valence electrons. The summed E-state index contributed by atoms with van der Waals surface area (Å²) in [6.45, 7) is 6.95. The Morgan fingerprint density at radius 2 is 1.90 bits per heavy atom. The van der Waals surface area contributed by atoms with E-state index >= 15 is 0 Å². The van der Waals surface area contributed by atoms with Gasteiger partial charge in [0.2, 0.25) is 5.95 Å². The first-order valence-electron chi connectivity index (χ1n) is 10.0. The van der Waals surface area contributed by atoms with Gasteiger partial charge in [0, 0.05) is 12.4 Å². The summed E-state index contributed by atoms with van der Waals surface area (Å²) in [5, 5.41) is 3.13. The van der Waals surface area contributed by atoms with Crippen LogP contribution in [0.4, 0.5) is 16.6 Å². The summed E-state index contributed by atoms with van der Waals surface area (Å²) >= 11 is 0. The van der Waals surface area contributed by atoms with Crippen molar-refractivity contribution in [3.05, 3.63) is 55.0 Å². The van der Waals surface area contributed by atoms with Crippen LogP contribution in [0.1, 0.15) is 39.1 Å². The SMILES string of the molecule is CC(Nc1nccc(N2CCOC2=O)n1)c1ncc(Oc2cccnc2)cn1.CCC. The summed E-state index contributed by atoms with van der Waals surface area (Å²) < 4.78 is 10.6. The van der Waals surface area contributed by atoms with Gasteiger partial charge in [-0.3, -0.25) is 9.88 Å². The topological polar surface area (TPSA) is 115 Å². The van der Waals surface area contributed by atoms with Gasteiger partial charge in [0.05, 0.1) is 31.2 Å². The quantitative estimate of drug-likeness (QED) is 0.628. The highest BCUT2D eigenvalue weighted by atomic mass is 16.6. The molecule has 0 spiro atoms. The number of amides is 1. The fourth-order valence-electron chi connectivity index (χ4n) is 2.57. The van der Waals surface area contributed by atoms with Gasteiger partial charge in [0.25, 0.3) is 0 Å². The zero-order valence-corrected chi connectivity index (χ0v) is 17.7. The predicted molar refractivity (Wildman–Crippen MR) is 115 cm³/mol. The molecule has 10 heteroatoms. The van der Waals surface area contributed by atoms with Gasteiger partial charge in [0.1, 0.15) is 18.2 Å². The number of nitrogens with one attached hydrogen (secondary N) is 1. The summed E-state index contributed by atoms with van der Waals surface area (Å²) in [6, 6.07) is 4.98. The van der Waals surface area contributed by atoms with Gasteiger partial charge < -0.3 is 14.8 Å². The first kappa shape index (κ1) is 21.9. The highest BCUT2D eigenvalue weighted by molar-refractivity contribution is 5.88. The highest BCUT2D eigenvalue weighted by Crippen LogP contribution is 2.21. The van der Waals surface area contributed by atoms with Crippen molar-refractivity contribution in [2.24, 2.45) is 0 Å². The van der Waals surface area contributed by atoms with Crippen molar-refractivity contribution in [3.63, 3.8) is 0 Å². The minimum absolute atomic E-state index is 0.256. The third kappa shape index (κ3) is 6.08. The Kier molecular flexibility index (Phi) is 7.63. The van der Waals surface area contributed by atoms with Gasteiger partial charge in [-0.2, -0.15) is 4.98 Å². The minimum Gasteiger partial charge on any atom is -0.452 e. The van der Waals surface area contributed by atoms with E-state index in [1.807, 2.05) is 6.92 Å². The largest absolute Gasteiger partial charge is 0.452 e. The van der Waals surface area contributed by atoms with Crippen molar-refractivity contribution >= 4 is 17.9 Å². The van der Waals surface area contributed by atoms with Crippen molar-refractivity contribution in [1.29, 1.82) is 0 Å². The van der Waals surface area contributed by atoms with Crippen LogP contribution in [0.5, 0.6) is 11.5 Å². The average Bonchev–Trinajstić information content (AvgIpc) is 3.22. The second-order valence-electron chi connectivity index (χ2n) is 6.65. The van der Waals surface area contributed by atoms with Crippen molar-refractivity contribution in [3.8, 4) is 11.5 Å². The number of carbonyl (C=O) groups excluding carboxylic acids is 1. The molecule has 31 heavy (non-hydrogen) atoms. The number of carbonyl (C=O) groups is 1. The van der Waals surface area contributed by atoms with Crippen molar-refractivity contribution < 1.29 is 14.3 Å². The second-order valence-corrected chi connectivity index (χ2v) is 6.65. The maximum atomic E-state index is 11.7. The zero-order valence-electron chi connectivity index (χ0n) is 17.7. The normalized spacial score (nSPS) is 13.6. The van der Waals surface area contributed by atoms with E-state index < -0.39 is 6.09 Å². The Morgan fingerprint density at radius 1 is 1.13 bits per heavy atom. The van der Waals surface area contributed by atoms with Gasteiger partial charge in [-0.15, -0.1) is 0 Å². The lowest BCUT2D eigenvalue weighted by Gasteiger charge is -2.15. The molecule has 0 bridgehead atoms. The Labute approximate surface area is 180 Å². The molecule has 1 N–H and O–H groups in total. The molecule has 1 atom stereocenters. The van der Waals surface area contributed by atoms with E-state index in [0.29, 0.717) is 42.2 Å². The molecule has 0 aromatic carbocycles. The fraction of sp³-hybridized carbons (Fsp3) is 0.333. The number of pyridine rings is 1. The first-order valence-corrected chi connectivity index (χ1v) is 10.0. The molecule has 1 aliphatic heterocycles. The molecule has 3 aromatic rings. The van der Waals surface area contributed by atoms with Gasteiger partial charge >= 0.3 is 6.09 Å². The number of rotatable bonds is 6. The standard InChI is InChI=1S/C18H17N7O3.C3H8/c1-12(16-21-10-14(11-22-16)28-13-3-2-5-19-9-13)23-17-20-6-4-15(24-17)25-7-8-27-18(25)26;1-3-2/h2-6,9-12H,7-8H2,1H3,(H,20,23,24);3H2,1-2H3. The van der Waals surface area contributed by atoms with Crippen LogP contribution >= 0.6 is 0 Å². The summed E-state index contributed by atoms with van der Waals surface area (Å²) in [4.78, 5) is 34.3.